The van der Waals surface area contributed by atoms with E-state index in [4.69, 9.17) is 5.11 Å². The van der Waals surface area contributed by atoms with Crippen molar-refractivity contribution in [2.45, 2.75) is 31.7 Å². The van der Waals surface area contributed by atoms with E-state index in [1.807, 2.05) is 6.07 Å². The van der Waals surface area contributed by atoms with Gasteiger partial charge in [-0.3, -0.25) is 9.69 Å². The van der Waals surface area contributed by atoms with Crippen LogP contribution in [0.25, 0.3) is 0 Å². The van der Waals surface area contributed by atoms with Gasteiger partial charge in [0.15, 0.2) is 0 Å². The van der Waals surface area contributed by atoms with Crippen LogP contribution in [0.1, 0.15) is 25.7 Å². The number of amides is 1. The zero-order chi connectivity index (χ0) is 14.4. The van der Waals surface area contributed by atoms with E-state index in [1.54, 1.807) is 12.3 Å². The van der Waals surface area contributed by atoms with Gasteiger partial charge in [-0.05, 0) is 60.3 Å². The van der Waals surface area contributed by atoms with E-state index in [1.165, 1.54) is 0 Å². The smallest absolute Gasteiger partial charge is 0.239 e. The summed E-state index contributed by atoms with van der Waals surface area (Å²) in [6.45, 7) is 1.57. The Hall–Kier alpha value is -0.980. The van der Waals surface area contributed by atoms with Gasteiger partial charge >= 0.3 is 0 Å². The molecule has 110 valence electrons. The number of aliphatic hydroxyl groups excluding tert-OH is 1. The molecule has 1 aliphatic rings. The highest BCUT2D eigenvalue weighted by molar-refractivity contribution is 9.10. The summed E-state index contributed by atoms with van der Waals surface area (Å²) in [5.74, 6) is 0.542. The van der Waals surface area contributed by atoms with Gasteiger partial charge in [-0.25, -0.2) is 4.98 Å². The fraction of sp³-hybridized carbons (Fsp3) is 0.571. The number of halogens is 1. The van der Waals surface area contributed by atoms with E-state index in [0.717, 1.165) is 36.7 Å². The van der Waals surface area contributed by atoms with Crippen LogP contribution in [0.5, 0.6) is 0 Å². The number of aliphatic hydroxyl groups is 1. The van der Waals surface area contributed by atoms with Crippen molar-refractivity contribution in [3.63, 3.8) is 0 Å². The minimum atomic E-state index is -0.0317. The standard InChI is InChI=1S/C14H20BrN3O2/c15-11-5-6-13(16-9-11)17-14(20)10-18-7-1-3-12(18)4-2-8-19/h5-6,9,12,19H,1-4,7-8,10H2,(H,16,17,20). The molecule has 6 heteroatoms. The molecule has 1 aromatic heterocycles. The van der Waals surface area contributed by atoms with Gasteiger partial charge in [-0.2, -0.15) is 0 Å². The van der Waals surface area contributed by atoms with Crippen molar-refractivity contribution in [1.82, 2.24) is 9.88 Å². The molecule has 1 aliphatic heterocycles. The Kier molecular flexibility index (Phi) is 5.94. The molecule has 2 N–H and O–H groups in total. The first-order valence-corrected chi connectivity index (χ1v) is 7.74. The van der Waals surface area contributed by atoms with Crippen molar-refractivity contribution in [1.29, 1.82) is 0 Å². The molecular formula is C14H20BrN3O2. The Labute approximate surface area is 127 Å². The molecule has 5 nitrogen and oxygen atoms in total. The highest BCUT2D eigenvalue weighted by atomic mass is 79.9. The molecule has 1 unspecified atom stereocenters. The second kappa shape index (κ2) is 7.71. The number of likely N-dealkylation sites (tertiary alicyclic amines) is 1. The van der Waals surface area contributed by atoms with Crippen molar-refractivity contribution in [3.8, 4) is 0 Å². The van der Waals surface area contributed by atoms with Crippen LogP contribution in [-0.4, -0.2) is 46.6 Å². The zero-order valence-corrected chi connectivity index (χ0v) is 13.0. The van der Waals surface area contributed by atoms with Gasteiger partial charge in [0.25, 0.3) is 0 Å². The van der Waals surface area contributed by atoms with Crippen molar-refractivity contribution in [2.75, 3.05) is 25.0 Å². The summed E-state index contributed by atoms with van der Waals surface area (Å²) >= 11 is 3.31. The van der Waals surface area contributed by atoms with Gasteiger partial charge in [-0.1, -0.05) is 0 Å². The van der Waals surface area contributed by atoms with Gasteiger partial charge in [0.2, 0.25) is 5.91 Å². The molecule has 0 saturated carbocycles. The van der Waals surface area contributed by atoms with Gasteiger partial charge in [0.05, 0.1) is 6.54 Å². The van der Waals surface area contributed by atoms with Crippen molar-refractivity contribution >= 4 is 27.7 Å². The number of anilines is 1. The molecule has 2 heterocycles. The van der Waals surface area contributed by atoms with E-state index in [0.29, 0.717) is 18.4 Å². The van der Waals surface area contributed by atoms with E-state index >= 15 is 0 Å². The molecule has 1 saturated heterocycles. The second-order valence-electron chi connectivity index (χ2n) is 5.04. The predicted molar refractivity (Wildman–Crippen MR) is 81.5 cm³/mol. The number of nitrogens with one attached hydrogen (secondary N) is 1. The van der Waals surface area contributed by atoms with Crippen LogP contribution < -0.4 is 5.32 Å². The third kappa shape index (κ3) is 4.54. The molecular weight excluding hydrogens is 322 g/mol. The SMILES string of the molecule is O=C(CN1CCCC1CCCO)Nc1ccc(Br)cn1. The average molecular weight is 342 g/mol. The van der Waals surface area contributed by atoms with Crippen LogP contribution >= 0.6 is 15.9 Å². The molecule has 0 aliphatic carbocycles. The zero-order valence-electron chi connectivity index (χ0n) is 11.4. The van der Waals surface area contributed by atoms with Crippen LogP contribution in [0.4, 0.5) is 5.82 Å². The number of hydrogen-bond donors (Lipinski definition) is 2. The summed E-state index contributed by atoms with van der Waals surface area (Å²) in [6, 6.07) is 4.04. The van der Waals surface area contributed by atoms with Gasteiger partial charge in [0.1, 0.15) is 5.82 Å². The Morgan fingerprint density at radius 3 is 3.10 bits per heavy atom. The topological polar surface area (TPSA) is 65.5 Å². The van der Waals surface area contributed by atoms with E-state index in [9.17, 15) is 4.79 Å². The van der Waals surface area contributed by atoms with Crippen molar-refractivity contribution in [3.05, 3.63) is 22.8 Å². The second-order valence-corrected chi connectivity index (χ2v) is 5.96. The Morgan fingerprint density at radius 1 is 1.55 bits per heavy atom. The molecule has 0 bridgehead atoms. The molecule has 0 radical (unpaired) electrons. The number of carbonyl (C=O) groups excluding carboxylic acids is 1. The first-order valence-electron chi connectivity index (χ1n) is 6.95. The molecule has 0 spiro atoms. The summed E-state index contributed by atoms with van der Waals surface area (Å²) in [4.78, 5) is 18.3. The van der Waals surface area contributed by atoms with Crippen LogP contribution in [0, 0.1) is 0 Å². The molecule has 2 rings (SSSR count). The van der Waals surface area contributed by atoms with Crippen LogP contribution in [-0.2, 0) is 4.79 Å². The fourth-order valence-electron chi connectivity index (χ4n) is 2.57. The van der Waals surface area contributed by atoms with Crippen LogP contribution in [0.2, 0.25) is 0 Å². The lowest BCUT2D eigenvalue weighted by Gasteiger charge is -2.23. The highest BCUT2D eigenvalue weighted by Gasteiger charge is 2.25. The summed E-state index contributed by atoms with van der Waals surface area (Å²) in [5, 5.41) is 11.7. The number of carbonyl (C=O) groups is 1. The molecule has 1 atom stereocenters. The van der Waals surface area contributed by atoms with Crippen molar-refractivity contribution in [2.24, 2.45) is 0 Å². The van der Waals surface area contributed by atoms with E-state index in [2.05, 4.69) is 31.1 Å². The third-order valence-electron chi connectivity index (χ3n) is 3.54. The summed E-state index contributed by atoms with van der Waals surface area (Å²) < 4.78 is 0.888. The Bertz CT molecular complexity index is 439. The molecule has 1 aromatic rings. The van der Waals surface area contributed by atoms with Gasteiger partial charge in [-0.15, -0.1) is 0 Å². The largest absolute Gasteiger partial charge is 0.396 e. The maximum atomic E-state index is 12.0. The maximum absolute atomic E-state index is 12.0. The first kappa shape index (κ1) is 15.4. The summed E-state index contributed by atoms with van der Waals surface area (Å²) in [6.07, 6.45) is 5.66. The van der Waals surface area contributed by atoms with Crippen molar-refractivity contribution < 1.29 is 9.90 Å². The quantitative estimate of drug-likeness (QED) is 0.830. The Morgan fingerprint density at radius 2 is 2.40 bits per heavy atom. The van der Waals surface area contributed by atoms with E-state index < -0.39 is 0 Å². The first-order chi connectivity index (χ1) is 9.69. The third-order valence-corrected chi connectivity index (χ3v) is 4.01. The number of rotatable bonds is 6. The number of aromatic nitrogens is 1. The molecule has 1 amide bonds. The van der Waals surface area contributed by atoms with E-state index in [-0.39, 0.29) is 12.5 Å². The maximum Gasteiger partial charge on any atom is 0.239 e. The highest BCUT2D eigenvalue weighted by Crippen LogP contribution is 2.21. The number of pyridine rings is 1. The minimum Gasteiger partial charge on any atom is -0.396 e. The number of nitrogens with zero attached hydrogens (tertiary/aromatic N) is 2. The average Bonchev–Trinajstić information content (AvgIpc) is 2.86. The number of hydrogen-bond acceptors (Lipinski definition) is 4. The lowest BCUT2D eigenvalue weighted by atomic mass is 10.1. The van der Waals surface area contributed by atoms with Crippen LogP contribution in [0.15, 0.2) is 22.8 Å². The predicted octanol–water partition coefficient (Wildman–Crippen LogP) is 2.02. The summed E-state index contributed by atoms with van der Waals surface area (Å²) in [5.41, 5.74) is 0. The Balaban J connectivity index is 1.82. The monoisotopic (exact) mass is 341 g/mol. The van der Waals surface area contributed by atoms with Crippen LogP contribution in [0.3, 0.4) is 0 Å². The molecule has 0 aromatic carbocycles. The minimum absolute atomic E-state index is 0.0317. The molecule has 20 heavy (non-hydrogen) atoms. The van der Waals surface area contributed by atoms with Gasteiger partial charge < -0.3 is 10.4 Å². The lowest BCUT2D eigenvalue weighted by Crippen LogP contribution is -2.37. The summed E-state index contributed by atoms with van der Waals surface area (Å²) in [7, 11) is 0. The lowest BCUT2D eigenvalue weighted by molar-refractivity contribution is -0.117. The van der Waals surface area contributed by atoms with Gasteiger partial charge in [0, 0.05) is 23.3 Å². The fourth-order valence-corrected chi connectivity index (χ4v) is 2.81. The normalized spacial score (nSPS) is 19.2. The molecule has 1 fully saturated rings.